The van der Waals surface area contributed by atoms with E-state index in [0.29, 0.717) is 0 Å². The molecule has 15 nitrogen and oxygen atoms in total. The van der Waals surface area contributed by atoms with Crippen LogP contribution >= 0.6 is 0 Å². The fraction of sp³-hybridized carbons (Fsp3) is 0.750. The molecular weight excluding hydrogens is 474 g/mol. The van der Waals surface area contributed by atoms with Gasteiger partial charge in [-0.1, -0.05) is 0 Å². The van der Waals surface area contributed by atoms with Crippen LogP contribution in [0.25, 0.3) is 0 Å². The molecule has 0 aromatic carbocycles. The van der Waals surface area contributed by atoms with E-state index in [9.17, 15) is 44.4 Å². The van der Waals surface area contributed by atoms with Crippen molar-refractivity contribution < 1.29 is 58.6 Å². The van der Waals surface area contributed by atoms with E-state index in [1.165, 1.54) is 27.9 Å². The van der Waals surface area contributed by atoms with Gasteiger partial charge in [-0.25, -0.2) is 0 Å². The Bertz CT molecular complexity index is 778. The minimum Gasteiger partial charge on any atom is -0.550 e. The number of carboxylic acid groups (broad SMARTS) is 2. The lowest BCUT2D eigenvalue weighted by molar-refractivity contribution is -0.310. The number of rotatable bonds is 13. The summed E-state index contributed by atoms with van der Waals surface area (Å²) in [6.45, 7) is 3.14. The molecule has 1 saturated heterocycles. The third kappa shape index (κ3) is 9.03. The third-order valence-corrected chi connectivity index (χ3v) is 5.18. The normalized spacial score (nSPS) is 26.6. The number of carboxylic acids is 2. The van der Waals surface area contributed by atoms with Gasteiger partial charge in [0.15, 0.2) is 6.29 Å². The largest absolute Gasteiger partial charge is 0.550 e. The van der Waals surface area contributed by atoms with Crippen LogP contribution in [0.1, 0.15) is 33.6 Å². The van der Waals surface area contributed by atoms with Crippen molar-refractivity contribution in [2.24, 2.45) is 0 Å². The van der Waals surface area contributed by atoms with E-state index in [-0.39, 0.29) is 0 Å². The van der Waals surface area contributed by atoms with Crippen LogP contribution in [0, 0.1) is 0 Å². The number of ether oxygens (including phenoxy) is 3. The minimum atomic E-state index is -1.71. The van der Waals surface area contributed by atoms with Crippen LogP contribution in [0.4, 0.5) is 0 Å². The number of carbonyl (C=O) groups excluding carboxylic acids is 5. The van der Waals surface area contributed by atoms with Crippen molar-refractivity contribution in [3.05, 3.63) is 0 Å². The number of aliphatic hydroxyl groups excluding tert-OH is 2. The molecule has 1 fully saturated rings. The maximum atomic E-state index is 12.6. The van der Waals surface area contributed by atoms with Gasteiger partial charge in [-0.2, -0.15) is 0 Å². The molecule has 0 aromatic heterocycles. The summed E-state index contributed by atoms with van der Waals surface area (Å²) in [5.74, 6) is -5.49. The molecule has 0 spiro atoms. The zero-order chi connectivity index (χ0) is 26.9. The molecular formula is C20H31N3O12-2. The molecule has 1 heterocycles. The van der Waals surface area contributed by atoms with Gasteiger partial charge in [-0.3, -0.25) is 14.4 Å². The summed E-state index contributed by atoms with van der Waals surface area (Å²) < 4.78 is 16.2. The van der Waals surface area contributed by atoms with E-state index >= 15 is 0 Å². The summed E-state index contributed by atoms with van der Waals surface area (Å²) in [5.41, 5.74) is 0. The highest BCUT2D eigenvalue weighted by molar-refractivity contribution is 5.91. The molecule has 1 aliphatic rings. The van der Waals surface area contributed by atoms with Crippen molar-refractivity contribution in [1.82, 2.24) is 16.0 Å². The Kier molecular flexibility index (Phi) is 12.0. The monoisotopic (exact) mass is 505 g/mol. The van der Waals surface area contributed by atoms with Crippen molar-refractivity contribution in [2.75, 3.05) is 13.7 Å². The predicted octanol–water partition coefficient (Wildman–Crippen LogP) is -5.74. The van der Waals surface area contributed by atoms with E-state index < -0.39 is 97.9 Å². The summed E-state index contributed by atoms with van der Waals surface area (Å²) >= 11 is 0. The second kappa shape index (κ2) is 13.9. The second-order valence-corrected chi connectivity index (χ2v) is 7.94. The fourth-order valence-electron chi connectivity index (χ4n) is 3.32. The summed E-state index contributed by atoms with van der Waals surface area (Å²) in [5, 5.41) is 48.5. The highest BCUT2D eigenvalue weighted by Crippen LogP contribution is 2.25. The number of aliphatic hydroxyl groups is 2. The van der Waals surface area contributed by atoms with E-state index in [2.05, 4.69) is 16.0 Å². The van der Waals surface area contributed by atoms with Gasteiger partial charge in [0.25, 0.3) is 0 Å². The standard InChI is InChI=1S/C20H33N3O12/c1-8(17(29)23-11(19(31)32)5-6-13(26)27)21-18(30)9(2)34-16-14(22-10(3)25)20(33-4)35-12(7-24)15(16)28/h8-9,11-12,14-16,20,24,28H,5-7H2,1-4H3,(H,21,30)(H,22,25)(H,23,29)(H,26,27)(H,31,32)/p-2/t8-,9+,11+,12+,14+,15+,16+,20-/m0/s1. The predicted molar refractivity (Wildman–Crippen MR) is 109 cm³/mol. The Labute approximate surface area is 201 Å². The molecule has 5 N–H and O–H groups in total. The smallest absolute Gasteiger partial charge is 0.249 e. The van der Waals surface area contributed by atoms with Crippen LogP contribution in [0.5, 0.6) is 0 Å². The fourth-order valence-corrected chi connectivity index (χ4v) is 3.32. The first kappa shape index (κ1) is 30.2. The molecule has 1 aliphatic heterocycles. The first-order chi connectivity index (χ1) is 16.3. The molecule has 0 unspecified atom stereocenters. The number of amides is 3. The van der Waals surface area contributed by atoms with Gasteiger partial charge in [-0.15, -0.1) is 0 Å². The van der Waals surface area contributed by atoms with Crippen molar-refractivity contribution in [1.29, 1.82) is 0 Å². The molecule has 8 atom stereocenters. The van der Waals surface area contributed by atoms with Gasteiger partial charge >= 0.3 is 0 Å². The SMILES string of the molecule is CO[C@H]1O[C@H](CO)[C@@H](O)[C@H](O[C@H](C)C(=O)N[C@@H](C)C(=O)N[C@H](CCC(=O)[O-])C(=O)[O-])[C@H]1NC(C)=O. The van der Waals surface area contributed by atoms with Gasteiger partial charge in [-0.05, 0) is 26.7 Å². The molecule has 3 amide bonds. The van der Waals surface area contributed by atoms with Gasteiger partial charge in [0.05, 0.1) is 18.6 Å². The quantitative estimate of drug-likeness (QED) is 0.157. The summed E-state index contributed by atoms with van der Waals surface area (Å²) in [6.07, 6.45) is -7.39. The Morgan fingerprint density at radius 1 is 1.09 bits per heavy atom. The first-order valence-electron chi connectivity index (χ1n) is 10.7. The van der Waals surface area contributed by atoms with Crippen molar-refractivity contribution in [2.45, 2.75) is 82.4 Å². The average Bonchev–Trinajstić information content (AvgIpc) is 2.77. The summed E-state index contributed by atoms with van der Waals surface area (Å²) in [4.78, 5) is 58.1. The van der Waals surface area contributed by atoms with E-state index in [1.807, 2.05) is 0 Å². The van der Waals surface area contributed by atoms with Gasteiger partial charge in [0.2, 0.25) is 17.7 Å². The lowest BCUT2D eigenvalue weighted by atomic mass is 9.96. The Hall–Kier alpha value is -2.85. The zero-order valence-corrected chi connectivity index (χ0v) is 19.7. The highest BCUT2D eigenvalue weighted by atomic mass is 16.7. The second-order valence-electron chi connectivity index (χ2n) is 7.94. The van der Waals surface area contributed by atoms with E-state index in [0.717, 1.165) is 0 Å². The summed E-state index contributed by atoms with van der Waals surface area (Å²) in [7, 11) is 1.27. The molecule has 1 rings (SSSR count). The van der Waals surface area contributed by atoms with Gasteiger partial charge < -0.3 is 60.2 Å². The van der Waals surface area contributed by atoms with Crippen LogP contribution < -0.4 is 26.2 Å². The van der Waals surface area contributed by atoms with E-state index in [4.69, 9.17) is 14.2 Å². The van der Waals surface area contributed by atoms with Crippen LogP contribution in [0.15, 0.2) is 0 Å². The maximum Gasteiger partial charge on any atom is 0.249 e. The third-order valence-electron chi connectivity index (χ3n) is 5.18. The van der Waals surface area contributed by atoms with Crippen LogP contribution in [0.2, 0.25) is 0 Å². The molecule has 0 aromatic rings. The Balaban J connectivity index is 2.85. The number of hydrogen-bond donors (Lipinski definition) is 5. The zero-order valence-electron chi connectivity index (χ0n) is 19.7. The minimum absolute atomic E-state index is 0.477. The number of hydrogen-bond acceptors (Lipinski definition) is 12. The Morgan fingerprint density at radius 2 is 1.71 bits per heavy atom. The van der Waals surface area contributed by atoms with Crippen LogP contribution in [-0.4, -0.2) is 102 Å². The molecule has 0 bridgehead atoms. The molecule has 0 aliphatic carbocycles. The maximum absolute atomic E-state index is 12.6. The average molecular weight is 505 g/mol. The molecule has 15 heteroatoms. The van der Waals surface area contributed by atoms with Gasteiger partial charge in [0, 0.05) is 20.0 Å². The van der Waals surface area contributed by atoms with Crippen molar-refractivity contribution >= 4 is 29.7 Å². The number of nitrogens with one attached hydrogen (secondary N) is 3. The highest BCUT2D eigenvalue weighted by Gasteiger charge is 2.47. The Morgan fingerprint density at radius 3 is 2.20 bits per heavy atom. The summed E-state index contributed by atoms with van der Waals surface area (Å²) in [6, 6.07) is -3.94. The van der Waals surface area contributed by atoms with Gasteiger partial charge in [0.1, 0.15) is 36.5 Å². The molecule has 0 radical (unpaired) electrons. The van der Waals surface area contributed by atoms with Crippen LogP contribution in [-0.2, 0) is 38.2 Å². The molecule has 35 heavy (non-hydrogen) atoms. The topological polar surface area (TPSA) is 236 Å². The lowest BCUT2D eigenvalue weighted by Gasteiger charge is -2.44. The first-order valence-corrected chi connectivity index (χ1v) is 10.7. The number of aliphatic carboxylic acids is 2. The molecule has 0 saturated carbocycles. The van der Waals surface area contributed by atoms with Crippen LogP contribution in [0.3, 0.4) is 0 Å². The van der Waals surface area contributed by atoms with Crippen molar-refractivity contribution in [3.8, 4) is 0 Å². The molecule has 200 valence electrons. The lowest BCUT2D eigenvalue weighted by Crippen LogP contribution is -2.66. The number of methoxy groups -OCH3 is 1. The number of carbonyl (C=O) groups is 5. The van der Waals surface area contributed by atoms with E-state index in [1.54, 1.807) is 0 Å². The van der Waals surface area contributed by atoms with Crippen molar-refractivity contribution in [3.63, 3.8) is 0 Å².